The highest BCUT2D eigenvalue weighted by Gasteiger charge is 2.18. The van der Waals surface area contributed by atoms with E-state index >= 15 is 0 Å². The van der Waals surface area contributed by atoms with Crippen LogP contribution in [-0.2, 0) is 16.0 Å². The minimum Gasteiger partial charge on any atom is -0.344 e. The first-order chi connectivity index (χ1) is 15.4. The van der Waals surface area contributed by atoms with Crippen LogP contribution in [0.2, 0.25) is 0 Å². The van der Waals surface area contributed by atoms with Gasteiger partial charge >= 0.3 is 0 Å². The van der Waals surface area contributed by atoms with E-state index < -0.39 is 6.04 Å². The van der Waals surface area contributed by atoms with Crippen LogP contribution in [0.25, 0.3) is 10.8 Å². The largest absolute Gasteiger partial charge is 0.344 e. The lowest BCUT2D eigenvalue weighted by Gasteiger charge is -2.19. The fraction of sp³-hybridized carbons (Fsp3) is 0.269. The average Bonchev–Trinajstić information content (AvgIpc) is 2.80. The summed E-state index contributed by atoms with van der Waals surface area (Å²) in [5, 5.41) is 7.64. The summed E-state index contributed by atoms with van der Waals surface area (Å²) in [4.78, 5) is 39.5. The number of benzene rings is 3. The Morgan fingerprint density at radius 1 is 0.906 bits per heavy atom. The van der Waals surface area contributed by atoms with Gasteiger partial charge in [-0.2, -0.15) is 0 Å². The minimum absolute atomic E-state index is 0.0810. The van der Waals surface area contributed by atoms with Gasteiger partial charge < -0.3 is 15.5 Å². The molecule has 0 saturated carbocycles. The van der Waals surface area contributed by atoms with Crippen LogP contribution >= 0.6 is 0 Å². The predicted octanol–water partition coefficient (Wildman–Crippen LogP) is 4.01. The number of amides is 3. The zero-order chi connectivity index (χ0) is 23.1. The van der Waals surface area contributed by atoms with E-state index in [1.807, 2.05) is 56.3 Å². The van der Waals surface area contributed by atoms with E-state index in [0.717, 1.165) is 16.3 Å². The van der Waals surface area contributed by atoms with Gasteiger partial charge in [-0.15, -0.1) is 0 Å². The molecule has 3 aromatic rings. The third-order valence-corrected chi connectivity index (χ3v) is 5.43. The molecule has 0 aliphatic carbocycles. The van der Waals surface area contributed by atoms with E-state index in [-0.39, 0.29) is 24.1 Å². The number of nitrogens with one attached hydrogen (secondary N) is 2. The molecule has 32 heavy (non-hydrogen) atoms. The van der Waals surface area contributed by atoms with Gasteiger partial charge in [0.15, 0.2) is 0 Å². The third-order valence-electron chi connectivity index (χ3n) is 5.43. The van der Waals surface area contributed by atoms with Crippen molar-refractivity contribution in [2.45, 2.75) is 33.2 Å². The fourth-order valence-electron chi connectivity index (χ4n) is 3.65. The summed E-state index contributed by atoms with van der Waals surface area (Å²) in [5.74, 6) is -0.652. The van der Waals surface area contributed by atoms with E-state index in [4.69, 9.17) is 0 Å². The first-order valence-corrected chi connectivity index (χ1v) is 10.9. The van der Waals surface area contributed by atoms with Gasteiger partial charge in [0.25, 0.3) is 5.91 Å². The maximum absolute atomic E-state index is 12.6. The van der Waals surface area contributed by atoms with Gasteiger partial charge in [0.2, 0.25) is 11.8 Å². The molecular formula is C26H29N3O3. The molecule has 3 rings (SSSR count). The van der Waals surface area contributed by atoms with Crippen LogP contribution in [0.4, 0.5) is 5.69 Å². The van der Waals surface area contributed by atoms with Crippen molar-refractivity contribution in [3.8, 4) is 0 Å². The summed E-state index contributed by atoms with van der Waals surface area (Å²) in [5.41, 5.74) is 1.94. The Labute approximate surface area is 188 Å². The van der Waals surface area contributed by atoms with Crippen molar-refractivity contribution in [1.82, 2.24) is 10.2 Å². The van der Waals surface area contributed by atoms with Gasteiger partial charge in [-0.25, -0.2) is 0 Å². The lowest BCUT2D eigenvalue weighted by atomic mass is 10.0. The number of fused-ring (bicyclic) bond motifs is 1. The van der Waals surface area contributed by atoms with Crippen molar-refractivity contribution < 1.29 is 14.4 Å². The first kappa shape index (κ1) is 23.0. The Morgan fingerprint density at radius 2 is 1.59 bits per heavy atom. The van der Waals surface area contributed by atoms with Crippen molar-refractivity contribution in [3.05, 3.63) is 77.9 Å². The van der Waals surface area contributed by atoms with Crippen LogP contribution in [0.15, 0.2) is 66.7 Å². The quantitative estimate of drug-likeness (QED) is 0.566. The van der Waals surface area contributed by atoms with Gasteiger partial charge in [0.05, 0.1) is 6.42 Å². The molecule has 0 fully saturated rings. The van der Waals surface area contributed by atoms with Gasteiger partial charge in [-0.05, 0) is 55.3 Å². The second-order valence-electron chi connectivity index (χ2n) is 7.65. The molecule has 3 aromatic carbocycles. The molecule has 0 aromatic heterocycles. The summed E-state index contributed by atoms with van der Waals surface area (Å²) >= 11 is 0. The lowest BCUT2D eigenvalue weighted by Crippen LogP contribution is -2.42. The molecule has 0 saturated heterocycles. The molecule has 0 bridgehead atoms. The second-order valence-corrected chi connectivity index (χ2v) is 7.65. The van der Waals surface area contributed by atoms with Crippen LogP contribution in [0.3, 0.4) is 0 Å². The van der Waals surface area contributed by atoms with Gasteiger partial charge in [-0.1, -0.05) is 48.5 Å². The Balaban J connectivity index is 1.62. The maximum atomic E-state index is 12.6. The molecule has 1 atom stereocenters. The van der Waals surface area contributed by atoms with Crippen molar-refractivity contribution in [2.75, 3.05) is 18.4 Å². The normalized spacial score (nSPS) is 11.6. The summed E-state index contributed by atoms with van der Waals surface area (Å²) in [7, 11) is 0. The Hall–Kier alpha value is -3.67. The molecule has 0 aliphatic rings. The highest BCUT2D eigenvalue weighted by atomic mass is 16.2. The van der Waals surface area contributed by atoms with Crippen LogP contribution in [0.1, 0.15) is 36.7 Å². The molecule has 166 valence electrons. The Kier molecular flexibility index (Phi) is 7.60. The number of carbonyl (C=O) groups is 3. The van der Waals surface area contributed by atoms with Crippen molar-refractivity contribution in [3.63, 3.8) is 0 Å². The summed E-state index contributed by atoms with van der Waals surface area (Å²) in [6.07, 6.45) is 0.187. The van der Waals surface area contributed by atoms with Gasteiger partial charge in [0, 0.05) is 24.3 Å². The van der Waals surface area contributed by atoms with Crippen molar-refractivity contribution >= 4 is 34.2 Å². The smallest absolute Gasteiger partial charge is 0.253 e. The zero-order valence-corrected chi connectivity index (χ0v) is 18.7. The van der Waals surface area contributed by atoms with Crippen LogP contribution < -0.4 is 10.6 Å². The number of hydrogen-bond acceptors (Lipinski definition) is 3. The maximum Gasteiger partial charge on any atom is 0.253 e. The highest BCUT2D eigenvalue weighted by Crippen LogP contribution is 2.19. The predicted molar refractivity (Wildman–Crippen MR) is 128 cm³/mol. The third kappa shape index (κ3) is 5.52. The minimum atomic E-state index is -0.723. The molecule has 0 spiro atoms. The summed E-state index contributed by atoms with van der Waals surface area (Å²) in [6, 6.07) is 19.9. The van der Waals surface area contributed by atoms with E-state index in [1.54, 1.807) is 36.1 Å². The van der Waals surface area contributed by atoms with Crippen molar-refractivity contribution in [1.29, 1.82) is 0 Å². The van der Waals surface area contributed by atoms with Crippen LogP contribution in [-0.4, -0.2) is 41.8 Å². The Bertz CT molecular complexity index is 1120. The molecule has 0 radical (unpaired) electrons. The van der Waals surface area contributed by atoms with Gasteiger partial charge in [-0.3, -0.25) is 14.4 Å². The molecule has 3 amide bonds. The molecule has 6 heteroatoms. The standard InChI is InChI=1S/C26H29N3O3/c1-4-29(5-2)26(32)21-13-9-14-22(16-21)28-25(31)18(3)27-24(30)17-20-12-8-11-19-10-6-7-15-23(19)20/h6-16,18H,4-5,17H2,1-3H3,(H,27,30)(H,28,31). The molecular weight excluding hydrogens is 402 g/mol. The number of hydrogen-bond donors (Lipinski definition) is 2. The Morgan fingerprint density at radius 3 is 2.34 bits per heavy atom. The molecule has 2 N–H and O–H groups in total. The number of carbonyl (C=O) groups excluding carboxylic acids is 3. The van der Waals surface area contributed by atoms with Gasteiger partial charge in [0.1, 0.15) is 6.04 Å². The van der Waals surface area contributed by atoms with E-state index in [9.17, 15) is 14.4 Å². The van der Waals surface area contributed by atoms with E-state index in [0.29, 0.717) is 24.3 Å². The van der Waals surface area contributed by atoms with Crippen LogP contribution in [0.5, 0.6) is 0 Å². The van der Waals surface area contributed by atoms with E-state index in [2.05, 4.69) is 10.6 Å². The SMILES string of the molecule is CCN(CC)C(=O)c1cccc(NC(=O)C(C)NC(=O)Cc2cccc3ccccc23)c1. The fourth-order valence-corrected chi connectivity index (χ4v) is 3.65. The highest BCUT2D eigenvalue weighted by molar-refractivity contribution is 6.00. The molecule has 6 nitrogen and oxygen atoms in total. The molecule has 0 aliphatic heterocycles. The lowest BCUT2D eigenvalue weighted by molar-refractivity contribution is -0.125. The monoisotopic (exact) mass is 431 g/mol. The van der Waals surface area contributed by atoms with Crippen LogP contribution in [0, 0.1) is 0 Å². The van der Waals surface area contributed by atoms with Crippen molar-refractivity contribution in [2.24, 2.45) is 0 Å². The molecule has 1 unspecified atom stereocenters. The topological polar surface area (TPSA) is 78.5 Å². The first-order valence-electron chi connectivity index (χ1n) is 10.9. The molecule has 0 heterocycles. The second kappa shape index (κ2) is 10.6. The number of rotatable bonds is 8. The zero-order valence-electron chi connectivity index (χ0n) is 18.7. The summed E-state index contributed by atoms with van der Waals surface area (Å²) in [6.45, 7) is 6.73. The summed E-state index contributed by atoms with van der Waals surface area (Å²) < 4.78 is 0. The number of anilines is 1. The average molecular weight is 432 g/mol. The van der Waals surface area contributed by atoms with E-state index in [1.165, 1.54) is 0 Å². The number of nitrogens with zero attached hydrogens (tertiary/aromatic N) is 1.